The van der Waals surface area contributed by atoms with Crippen molar-refractivity contribution in [2.24, 2.45) is 5.73 Å². The first kappa shape index (κ1) is 14.0. The lowest BCUT2D eigenvalue weighted by Gasteiger charge is -2.26. The predicted octanol–water partition coefficient (Wildman–Crippen LogP) is 3.49. The van der Waals surface area contributed by atoms with Crippen LogP contribution in [0.15, 0.2) is 24.3 Å². The quantitative estimate of drug-likeness (QED) is 0.867. The number of benzene rings is 1. The van der Waals surface area contributed by atoms with Crippen LogP contribution >= 0.6 is 0 Å². The van der Waals surface area contributed by atoms with Crippen molar-refractivity contribution in [3.05, 3.63) is 29.8 Å². The number of hydrogen-bond donors (Lipinski definition) is 1. The fourth-order valence-electron chi connectivity index (χ4n) is 1.83. The molecule has 96 valence electrons. The summed E-state index contributed by atoms with van der Waals surface area (Å²) < 4.78 is 5.80. The second-order valence-electron chi connectivity index (χ2n) is 6.16. The van der Waals surface area contributed by atoms with Crippen LogP contribution in [0, 0.1) is 0 Å². The summed E-state index contributed by atoms with van der Waals surface area (Å²) in [6.07, 6.45) is 0.993. The molecule has 0 spiro atoms. The maximum absolute atomic E-state index is 5.80. The van der Waals surface area contributed by atoms with Crippen LogP contribution in [0.5, 0.6) is 5.75 Å². The average molecular weight is 235 g/mol. The summed E-state index contributed by atoms with van der Waals surface area (Å²) in [6, 6.07) is 8.35. The van der Waals surface area contributed by atoms with E-state index >= 15 is 0 Å². The van der Waals surface area contributed by atoms with Gasteiger partial charge in [-0.25, -0.2) is 0 Å². The van der Waals surface area contributed by atoms with E-state index < -0.39 is 0 Å². The lowest BCUT2D eigenvalue weighted by molar-refractivity contribution is 0.131. The van der Waals surface area contributed by atoms with Crippen LogP contribution in [0.25, 0.3) is 0 Å². The lowest BCUT2D eigenvalue weighted by Crippen LogP contribution is -2.23. The minimum atomic E-state index is -0.145. The maximum atomic E-state index is 5.80. The summed E-state index contributed by atoms with van der Waals surface area (Å²) >= 11 is 0. The zero-order valence-electron chi connectivity index (χ0n) is 11.7. The Labute approximate surface area is 105 Å². The number of nitrogens with two attached hydrogens (primary N) is 1. The van der Waals surface area contributed by atoms with Gasteiger partial charge in [-0.1, -0.05) is 26.0 Å². The highest BCUT2D eigenvalue weighted by Gasteiger charge is 2.19. The molecule has 0 fully saturated rings. The van der Waals surface area contributed by atoms with Crippen molar-refractivity contribution in [1.29, 1.82) is 0 Å². The van der Waals surface area contributed by atoms with Gasteiger partial charge >= 0.3 is 0 Å². The van der Waals surface area contributed by atoms with E-state index in [1.165, 1.54) is 5.56 Å². The second-order valence-corrected chi connectivity index (χ2v) is 6.16. The Morgan fingerprint density at radius 3 is 1.94 bits per heavy atom. The van der Waals surface area contributed by atoms with Crippen molar-refractivity contribution in [2.45, 2.75) is 52.1 Å². The van der Waals surface area contributed by atoms with E-state index in [0.717, 1.165) is 12.2 Å². The van der Waals surface area contributed by atoms with Crippen LogP contribution in [0.2, 0.25) is 0 Å². The molecule has 0 aliphatic carbocycles. The Kier molecular flexibility index (Phi) is 4.21. The van der Waals surface area contributed by atoms with Gasteiger partial charge in [-0.2, -0.15) is 0 Å². The molecule has 0 atom stereocenters. The van der Waals surface area contributed by atoms with E-state index in [-0.39, 0.29) is 11.0 Å². The van der Waals surface area contributed by atoms with Crippen LogP contribution in [0.4, 0.5) is 0 Å². The number of ether oxygens (including phenoxy) is 1. The van der Waals surface area contributed by atoms with E-state index in [1.807, 2.05) is 12.1 Å². The summed E-state index contributed by atoms with van der Waals surface area (Å²) in [5, 5.41) is 0. The highest BCUT2D eigenvalue weighted by atomic mass is 16.5. The first-order valence-corrected chi connectivity index (χ1v) is 6.24. The van der Waals surface area contributed by atoms with Gasteiger partial charge in [0.05, 0.1) is 0 Å². The third-order valence-corrected chi connectivity index (χ3v) is 2.83. The zero-order chi connectivity index (χ0) is 13.1. The Balaban J connectivity index is 2.81. The van der Waals surface area contributed by atoms with Crippen LogP contribution < -0.4 is 10.5 Å². The molecule has 17 heavy (non-hydrogen) atoms. The Hall–Kier alpha value is -1.02. The minimum Gasteiger partial charge on any atom is -0.488 e. The topological polar surface area (TPSA) is 35.2 Å². The molecule has 0 saturated heterocycles. The van der Waals surface area contributed by atoms with Gasteiger partial charge in [0.2, 0.25) is 0 Å². The molecule has 0 heterocycles. The third kappa shape index (κ3) is 4.39. The normalized spacial score (nSPS) is 12.6. The van der Waals surface area contributed by atoms with Crippen LogP contribution in [-0.4, -0.2) is 12.1 Å². The van der Waals surface area contributed by atoms with Gasteiger partial charge in [0.1, 0.15) is 11.4 Å². The van der Waals surface area contributed by atoms with Gasteiger partial charge in [0, 0.05) is 0 Å². The molecule has 1 rings (SSSR count). The van der Waals surface area contributed by atoms with Gasteiger partial charge in [-0.05, 0) is 56.8 Å². The zero-order valence-corrected chi connectivity index (χ0v) is 11.7. The first-order chi connectivity index (χ1) is 7.74. The fourth-order valence-corrected chi connectivity index (χ4v) is 1.83. The van der Waals surface area contributed by atoms with Gasteiger partial charge < -0.3 is 10.5 Å². The molecule has 0 radical (unpaired) electrons. The van der Waals surface area contributed by atoms with Gasteiger partial charge in [-0.15, -0.1) is 0 Å². The van der Waals surface area contributed by atoms with Gasteiger partial charge in [0.25, 0.3) is 0 Å². The monoisotopic (exact) mass is 235 g/mol. The molecule has 2 heteroatoms. The molecule has 0 aliphatic rings. The Morgan fingerprint density at radius 1 is 1.00 bits per heavy atom. The van der Waals surface area contributed by atoms with Crippen molar-refractivity contribution in [3.63, 3.8) is 0 Å². The molecule has 1 aromatic rings. The van der Waals surface area contributed by atoms with Crippen LogP contribution in [-0.2, 0) is 5.41 Å². The molecule has 0 aliphatic heterocycles. The van der Waals surface area contributed by atoms with Gasteiger partial charge in [-0.3, -0.25) is 0 Å². The second kappa shape index (κ2) is 5.09. The Morgan fingerprint density at radius 2 is 1.53 bits per heavy atom. The number of hydrogen-bond acceptors (Lipinski definition) is 2. The smallest absolute Gasteiger partial charge is 0.120 e. The number of rotatable bonds is 4. The molecule has 0 bridgehead atoms. The van der Waals surface area contributed by atoms with Crippen molar-refractivity contribution < 1.29 is 4.74 Å². The first-order valence-electron chi connectivity index (χ1n) is 6.24. The molecule has 2 N–H and O–H groups in total. The van der Waals surface area contributed by atoms with E-state index in [4.69, 9.17) is 10.5 Å². The Bertz CT molecular complexity index is 346. The van der Waals surface area contributed by atoms with Crippen molar-refractivity contribution in [1.82, 2.24) is 0 Å². The fraction of sp³-hybridized carbons (Fsp3) is 0.600. The summed E-state index contributed by atoms with van der Waals surface area (Å²) in [5.41, 5.74) is 6.94. The highest BCUT2D eigenvalue weighted by Crippen LogP contribution is 2.28. The van der Waals surface area contributed by atoms with E-state index in [1.54, 1.807) is 0 Å². The van der Waals surface area contributed by atoms with Crippen molar-refractivity contribution in [3.8, 4) is 5.75 Å². The molecule has 0 unspecified atom stereocenters. The van der Waals surface area contributed by atoms with E-state index in [9.17, 15) is 0 Å². The SMILES string of the molecule is CC(C)(C)Oc1ccc(C(C)(C)CCN)cc1. The summed E-state index contributed by atoms with van der Waals surface area (Å²) in [4.78, 5) is 0. The standard InChI is InChI=1S/C15H25NO/c1-14(2,3)17-13-8-6-12(7-9-13)15(4,5)10-11-16/h6-9H,10-11,16H2,1-5H3. The molecule has 1 aromatic carbocycles. The molecule has 0 saturated carbocycles. The molecular formula is C15H25NO. The maximum Gasteiger partial charge on any atom is 0.120 e. The van der Waals surface area contributed by atoms with E-state index in [0.29, 0.717) is 6.54 Å². The molecule has 0 aromatic heterocycles. The predicted molar refractivity (Wildman–Crippen MR) is 73.5 cm³/mol. The van der Waals surface area contributed by atoms with Crippen LogP contribution in [0.1, 0.15) is 46.6 Å². The third-order valence-electron chi connectivity index (χ3n) is 2.83. The van der Waals surface area contributed by atoms with Crippen LogP contribution in [0.3, 0.4) is 0 Å². The molecular weight excluding hydrogens is 210 g/mol. The summed E-state index contributed by atoms with van der Waals surface area (Å²) in [6.45, 7) is 11.3. The minimum absolute atomic E-state index is 0.134. The van der Waals surface area contributed by atoms with Gasteiger partial charge in [0.15, 0.2) is 0 Å². The highest BCUT2D eigenvalue weighted by molar-refractivity contribution is 5.31. The largest absolute Gasteiger partial charge is 0.488 e. The molecule has 2 nitrogen and oxygen atoms in total. The van der Waals surface area contributed by atoms with Crippen molar-refractivity contribution in [2.75, 3.05) is 6.54 Å². The summed E-state index contributed by atoms with van der Waals surface area (Å²) in [5.74, 6) is 0.921. The summed E-state index contributed by atoms with van der Waals surface area (Å²) in [7, 11) is 0. The molecule has 0 amide bonds. The lowest BCUT2D eigenvalue weighted by atomic mass is 9.82. The average Bonchev–Trinajstić information content (AvgIpc) is 2.15. The van der Waals surface area contributed by atoms with Crippen molar-refractivity contribution >= 4 is 0 Å². The van der Waals surface area contributed by atoms with E-state index in [2.05, 4.69) is 46.8 Å².